The molecule has 6 heteroatoms. The third kappa shape index (κ3) is 1.65. The zero-order valence-electron chi connectivity index (χ0n) is 9.15. The maximum absolute atomic E-state index is 11.8. The van der Waals surface area contributed by atoms with Gasteiger partial charge in [0, 0.05) is 0 Å². The van der Waals surface area contributed by atoms with Crippen LogP contribution in [0.2, 0.25) is 0 Å². The molecule has 1 aromatic heterocycles. The summed E-state index contributed by atoms with van der Waals surface area (Å²) in [6, 6.07) is 2.12. The lowest BCUT2D eigenvalue weighted by Gasteiger charge is -2.38. The third-order valence-corrected chi connectivity index (χ3v) is 2.79. The summed E-state index contributed by atoms with van der Waals surface area (Å²) in [6.07, 6.45) is 1.17. The average molecular weight is 220 g/mol. The van der Waals surface area contributed by atoms with Crippen molar-refractivity contribution < 1.29 is 9.32 Å². The predicted molar refractivity (Wildman–Crippen MR) is 54.1 cm³/mol. The zero-order chi connectivity index (χ0) is 11.8. The summed E-state index contributed by atoms with van der Waals surface area (Å²) in [6.45, 7) is 3.67. The fourth-order valence-corrected chi connectivity index (χ4v) is 2.02. The number of nitriles is 1. The van der Waals surface area contributed by atoms with E-state index in [1.807, 2.05) is 6.92 Å². The lowest BCUT2D eigenvalue weighted by atomic mass is 9.63. The van der Waals surface area contributed by atoms with E-state index in [1.54, 1.807) is 6.92 Å². The summed E-state index contributed by atoms with van der Waals surface area (Å²) in [7, 11) is 0. The molecule has 1 fully saturated rings. The van der Waals surface area contributed by atoms with Crippen LogP contribution < -0.4 is 5.32 Å². The molecule has 1 N–H and O–H groups in total. The molecule has 2 rings (SSSR count). The third-order valence-electron chi connectivity index (χ3n) is 2.79. The van der Waals surface area contributed by atoms with E-state index in [0.717, 1.165) is 0 Å². The minimum Gasteiger partial charge on any atom is -0.315 e. The lowest BCUT2D eigenvalue weighted by molar-refractivity contribution is -0.128. The Morgan fingerprint density at radius 3 is 2.81 bits per heavy atom. The van der Waals surface area contributed by atoms with Crippen molar-refractivity contribution >= 4 is 11.9 Å². The molecule has 1 aliphatic rings. The van der Waals surface area contributed by atoms with Gasteiger partial charge in [0.2, 0.25) is 5.91 Å². The fourth-order valence-electron chi connectivity index (χ4n) is 2.02. The number of nitrogens with zero attached hydrogens (tertiary/aromatic N) is 3. The molecular formula is C10H12N4O2. The predicted octanol–water partition coefficient (Wildman–Crippen LogP) is 1.26. The van der Waals surface area contributed by atoms with Crippen LogP contribution in [-0.4, -0.2) is 16.0 Å². The highest BCUT2D eigenvalue weighted by molar-refractivity contribution is 5.96. The first kappa shape index (κ1) is 10.6. The number of carbonyl (C=O) groups is 1. The summed E-state index contributed by atoms with van der Waals surface area (Å²) in [5.41, 5.74) is -0.915. The second-order valence-electron chi connectivity index (χ2n) is 4.31. The second kappa shape index (κ2) is 3.59. The van der Waals surface area contributed by atoms with Crippen molar-refractivity contribution in [3.05, 3.63) is 5.82 Å². The van der Waals surface area contributed by atoms with E-state index >= 15 is 0 Å². The zero-order valence-corrected chi connectivity index (χ0v) is 9.15. The van der Waals surface area contributed by atoms with Gasteiger partial charge < -0.3 is 4.52 Å². The maximum atomic E-state index is 11.8. The monoisotopic (exact) mass is 220 g/mol. The Labute approximate surface area is 92.6 Å². The molecule has 16 heavy (non-hydrogen) atoms. The van der Waals surface area contributed by atoms with Crippen molar-refractivity contribution in [3.8, 4) is 6.07 Å². The van der Waals surface area contributed by atoms with Crippen LogP contribution in [0.15, 0.2) is 4.52 Å². The van der Waals surface area contributed by atoms with Gasteiger partial charge in [-0.15, -0.1) is 0 Å². The van der Waals surface area contributed by atoms with Gasteiger partial charge in [-0.2, -0.15) is 10.2 Å². The molecule has 0 unspecified atom stereocenters. The highest BCUT2D eigenvalue weighted by atomic mass is 16.5. The molecule has 0 bridgehead atoms. The fraction of sp³-hybridized carbons (Fsp3) is 0.600. The Balaban J connectivity index is 2.06. The number of hydrogen-bond acceptors (Lipinski definition) is 5. The number of hydrogen-bond donors (Lipinski definition) is 1. The first-order valence-electron chi connectivity index (χ1n) is 5.09. The topological polar surface area (TPSA) is 91.8 Å². The Morgan fingerprint density at radius 1 is 1.69 bits per heavy atom. The Morgan fingerprint density at radius 2 is 2.38 bits per heavy atom. The summed E-state index contributed by atoms with van der Waals surface area (Å²) in [4.78, 5) is 15.7. The van der Waals surface area contributed by atoms with Gasteiger partial charge in [0.15, 0.2) is 5.82 Å². The van der Waals surface area contributed by atoms with Gasteiger partial charge in [-0.3, -0.25) is 10.1 Å². The van der Waals surface area contributed by atoms with E-state index in [1.165, 1.54) is 0 Å². The molecule has 0 atom stereocenters. The number of aryl methyl sites for hydroxylation is 1. The minimum absolute atomic E-state index is 0.0525. The van der Waals surface area contributed by atoms with Crippen LogP contribution in [0.25, 0.3) is 0 Å². The molecule has 1 heterocycles. The maximum Gasteiger partial charge on any atom is 0.328 e. The van der Waals surface area contributed by atoms with Crippen molar-refractivity contribution in [2.24, 2.45) is 11.3 Å². The Kier molecular flexibility index (Phi) is 2.38. The van der Waals surface area contributed by atoms with Gasteiger partial charge in [0.1, 0.15) is 5.41 Å². The number of nitrogens with one attached hydrogen (secondary N) is 1. The number of anilines is 1. The van der Waals surface area contributed by atoms with Gasteiger partial charge in [-0.05, 0) is 25.7 Å². The highest BCUT2D eigenvalue weighted by Crippen LogP contribution is 2.45. The van der Waals surface area contributed by atoms with Crippen LogP contribution >= 0.6 is 0 Å². The van der Waals surface area contributed by atoms with Gasteiger partial charge in [-0.1, -0.05) is 12.1 Å². The van der Waals surface area contributed by atoms with Crippen molar-refractivity contribution in [1.29, 1.82) is 5.26 Å². The van der Waals surface area contributed by atoms with Gasteiger partial charge in [0.25, 0.3) is 0 Å². The van der Waals surface area contributed by atoms with Crippen LogP contribution in [0.3, 0.4) is 0 Å². The average Bonchev–Trinajstić information content (AvgIpc) is 2.58. The summed E-state index contributed by atoms with van der Waals surface area (Å²) >= 11 is 0. The molecule has 0 radical (unpaired) electrons. The second-order valence-corrected chi connectivity index (χ2v) is 4.31. The minimum atomic E-state index is -0.915. The molecule has 1 amide bonds. The van der Waals surface area contributed by atoms with E-state index in [-0.39, 0.29) is 11.9 Å². The summed E-state index contributed by atoms with van der Waals surface area (Å²) in [5.74, 6) is 0.509. The highest BCUT2D eigenvalue weighted by Gasteiger charge is 2.49. The Hall–Kier alpha value is -1.90. The van der Waals surface area contributed by atoms with Gasteiger partial charge in [0.05, 0.1) is 6.07 Å². The SMILES string of the molecule is Cc1noc(NC(=O)C2(C#N)CC(C)C2)n1. The van der Waals surface area contributed by atoms with Crippen LogP contribution in [0.1, 0.15) is 25.6 Å². The number of carbonyl (C=O) groups excluding carboxylic acids is 1. The summed E-state index contributed by atoms with van der Waals surface area (Å²) < 4.78 is 4.77. The van der Waals surface area contributed by atoms with Crippen LogP contribution in [0, 0.1) is 29.6 Å². The molecule has 1 saturated carbocycles. The van der Waals surface area contributed by atoms with Gasteiger partial charge >= 0.3 is 6.01 Å². The van der Waals surface area contributed by atoms with Crippen LogP contribution in [0.4, 0.5) is 6.01 Å². The largest absolute Gasteiger partial charge is 0.328 e. The van der Waals surface area contributed by atoms with Gasteiger partial charge in [-0.25, -0.2) is 0 Å². The van der Waals surface area contributed by atoms with E-state index in [2.05, 4.69) is 21.5 Å². The Bertz CT molecular complexity index is 454. The van der Waals surface area contributed by atoms with Crippen molar-refractivity contribution in [2.75, 3.05) is 5.32 Å². The lowest BCUT2D eigenvalue weighted by Crippen LogP contribution is -2.45. The van der Waals surface area contributed by atoms with E-state index in [9.17, 15) is 4.79 Å². The normalized spacial score (nSPS) is 27.9. The molecule has 1 aromatic rings. The molecule has 0 saturated heterocycles. The summed E-state index contributed by atoms with van der Waals surface area (Å²) in [5, 5.41) is 15.1. The molecule has 0 aliphatic heterocycles. The van der Waals surface area contributed by atoms with Crippen LogP contribution in [-0.2, 0) is 4.79 Å². The smallest absolute Gasteiger partial charge is 0.315 e. The molecule has 0 aromatic carbocycles. The number of rotatable bonds is 2. The number of amides is 1. The quantitative estimate of drug-likeness (QED) is 0.809. The van der Waals surface area contributed by atoms with Crippen molar-refractivity contribution in [1.82, 2.24) is 10.1 Å². The van der Waals surface area contributed by atoms with E-state index in [0.29, 0.717) is 24.6 Å². The van der Waals surface area contributed by atoms with Crippen molar-refractivity contribution in [2.45, 2.75) is 26.7 Å². The first-order chi connectivity index (χ1) is 7.55. The molecule has 6 nitrogen and oxygen atoms in total. The molecule has 84 valence electrons. The number of aromatic nitrogens is 2. The molecular weight excluding hydrogens is 208 g/mol. The van der Waals surface area contributed by atoms with E-state index in [4.69, 9.17) is 9.78 Å². The van der Waals surface area contributed by atoms with Crippen molar-refractivity contribution in [3.63, 3.8) is 0 Å². The standard InChI is InChI=1S/C10H12N4O2/c1-6-3-10(4-6,5-11)8(15)13-9-12-7(2)14-16-9/h6H,3-4H2,1-2H3,(H,12,13,14,15). The molecule has 0 spiro atoms. The van der Waals surface area contributed by atoms with Crippen LogP contribution in [0.5, 0.6) is 0 Å². The molecule has 1 aliphatic carbocycles. The first-order valence-corrected chi connectivity index (χ1v) is 5.09. The van der Waals surface area contributed by atoms with E-state index < -0.39 is 5.41 Å².